The van der Waals surface area contributed by atoms with Crippen LogP contribution >= 0.6 is 0 Å². The van der Waals surface area contributed by atoms with Crippen molar-refractivity contribution in [2.45, 2.75) is 64.5 Å². The normalized spacial score (nSPS) is 23.4. The van der Waals surface area contributed by atoms with Crippen molar-refractivity contribution in [2.75, 3.05) is 19.7 Å². The molecule has 0 amide bonds. The van der Waals surface area contributed by atoms with Crippen molar-refractivity contribution >= 4 is 5.97 Å². The summed E-state index contributed by atoms with van der Waals surface area (Å²) in [6.45, 7) is 8.58. The number of esters is 1. The van der Waals surface area contributed by atoms with Crippen molar-refractivity contribution in [3.63, 3.8) is 0 Å². The molecule has 0 bridgehead atoms. The summed E-state index contributed by atoms with van der Waals surface area (Å²) in [5, 5.41) is 0. The highest BCUT2D eigenvalue weighted by Crippen LogP contribution is 2.35. The quantitative estimate of drug-likeness (QED) is 0.659. The van der Waals surface area contributed by atoms with Crippen molar-refractivity contribution in [1.82, 2.24) is 4.90 Å². The predicted octanol–water partition coefficient (Wildman–Crippen LogP) is 2.17. The third-order valence-electron chi connectivity index (χ3n) is 4.46. The number of carbonyl (C=O) groups is 1. The highest BCUT2D eigenvalue weighted by Gasteiger charge is 2.36. The first-order chi connectivity index (χ1) is 9.42. The highest BCUT2D eigenvalue weighted by molar-refractivity contribution is 5.80. The van der Waals surface area contributed by atoms with E-state index in [0.717, 1.165) is 11.8 Å². The minimum Gasteiger partial charge on any atom is -0.465 e. The molecule has 0 heterocycles. The van der Waals surface area contributed by atoms with Gasteiger partial charge in [0.15, 0.2) is 0 Å². The molecule has 2 fully saturated rings. The second-order valence-electron chi connectivity index (χ2n) is 7.03. The van der Waals surface area contributed by atoms with Gasteiger partial charge in [0.05, 0.1) is 6.61 Å². The first-order valence-electron chi connectivity index (χ1n) is 8.12. The number of nitrogens with zero attached hydrogens (tertiary/aromatic N) is 1. The van der Waals surface area contributed by atoms with Gasteiger partial charge in [0.25, 0.3) is 0 Å². The zero-order chi connectivity index (χ0) is 14.8. The summed E-state index contributed by atoms with van der Waals surface area (Å²) in [6, 6.07) is 0.343. The smallest absolute Gasteiger partial charge is 0.325 e. The SMILES string of the molecule is CCOC(=O)C(C)(N)CC(C)N(CC1CC1)CC1CC1. The molecule has 4 heteroatoms. The van der Waals surface area contributed by atoms with Gasteiger partial charge in [-0.1, -0.05) is 0 Å². The van der Waals surface area contributed by atoms with E-state index >= 15 is 0 Å². The molecule has 2 N–H and O–H groups in total. The van der Waals surface area contributed by atoms with Crippen molar-refractivity contribution in [3.8, 4) is 0 Å². The van der Waals surface area contributed by atoms with E-state index < -0.39 is 5.54 Å². The molecule has 0 aromatic carbocycles. The Bertz CT molecular complexity index is 321. The van der Waals surface area contributed by atoms with E-state index in [0.29, 0.717) is 19.1 Å². The van der Waals surface area contributed by atoms with Gasteiger partial charge in [-0.2, -0.15) is 0 Å². The van der Waals surface area contributed by atoms with E-state index in [9.17, 15) is 4.79 Å². The van der Waals surface area contributed by atoms with Crippen molar-refractivity contribution < 1.29 is 9.53 Å². The summed E-state index contributed by atoms with van der Waals surface area (Å²) in [6.07, 6.45) is 6.14. The van der Waals surface area contributed by atoms with E-state index in [-0.39, 0.29) is 5.97 Å². The van der Waals surface area contributed by atoms with Gasteiger partial charge in [0.2, 0.25) is 0 Å². The zero-order valence-electron chi connectivity index (χ0n) is 13.2. The van der Waals surface area contributed by atoms with Gasteiger partial charge in [-0.25, -0.2) is 0 Å². The minimum atomic E-state index is -0.874. The standard InChI is InChI=1S/C16H30N2O2/c1-4-20-15(19)16(3,17)9-12(2)18(10-13-5-6-13)11-14-7-8-14/h12-14H,4-11,17H2,1-3H3. The molecule has 0 aromatic heterocycles. The Morgan fingerprint density at radius 1 is 1.30 bits per heavy atom. The van der Waals surface area contributed by atoms with E-state index in [1.54, 1.807) is 6.92 Å². The predicted molar refractivity (Wildman–Crippen MR) is 80.3 cm³/mol. The Balaban J connectivity index is 1.87. The van der Waals surface area contributed by atoms with E-state index in [1.807, 2.05) is 6.92 Å². The monoisotopic (exact) mass is 282 g/mol. The maximum atomic E-state index is 11.9. The van der Waals surface area contributed by atoms with E-state index in [2.05, 4.69) is 11.8 Å². The largest absolute Gasteiger partial charge is 0.465 e. The fourth-order valence-corrected chi connectivity index (χ4v) is 2.82. The van der Waals surface area contributed by atoms with Crippen LogP contribution in [0.1, 0.15) is 52.9 Å². The van der Waals surface area contributed by atoms with Gasteiger partial charge in [-0.05, 0) is 64.7 Å². The van der Waals surface area contributed by atoms with Crippen molar-refractivity contribution in [1.29, 1.82) is 0 Å². The summed E-state index contributed by atoms with van der Waals surface area (Å²) < 4.78 is 5.09. The van der Waals surface area contributed by atoms with Crippen LogP contribution in [0.2, 0.25) is 0 Å². The molecule has 2 rings (SSSR count). The number of hydrogen-bond donors (Lipinski definition) is 1. The molecule has 2 saturated carbocycles. The molecule has 4 nitrogen and oxygen atoms in total. The maximum absolute atomic E-state index is 11.9. The Morgan fingerprint density at radius 3 is 2.20 bits per heavy atom. The molecule has 2 aliphatic rings. The Hall–Kier alpha value is -0.610. The van der Waals surface area contributed by atoms with Crippen LogP contribution in [0.4, 0.5) is 0 Å². The summed E-state index contributed by atoms with van der Waals surface area (Å²) in [7, 11) is 0. The maximum Gasteiger partial charge on any atom is 0.325 e. The number of rotatable bonds is 9. The number of nitrogens with two attached hydrogens (primary N) is 1. The lowest BCUT2D eigenvalue weighted by Gasteiger charge is -2.34. The summed E-state index contributed by atoms with van der Waals surface area (Å²) >= 11 is 0. The van der Waals surface area contributed by atoms with Crippen LogP contribution in [0.3, 0.4) is 0 Å². The lowest BCUT2D eigenvalue weighted by Crippen LogP contribution is -2.51. The minimum absolute atomic E-state index is 0.273. The van der Waals surface area contributed by atoms with Crippen molar-refractivity contribution in [3.05, 3.63) is 0 Å². The summed E-state index contributed by atoms with van der Waals surface area (Å²) in [5.74, 6) is 1.48. The molecular weight excluding hydrogens is 252 g/mol. The molecular formula is C16H30N2O2. The number of carbonyl (C=O) groups excluding carboxylic acids is 1. The average Bonchev–Trinajstić information content (AvgIpc) is 3.22. The van der Waals surface area contributed by atoms with Gasteiger partial charge >= 0.3 is 5.97 Å². The van der Waals surface area contributed by atoms with E-state index in [4.69, 9.17) is 10.5 Å². The molecule has 0 aromatic rings. The van der Waals surface area contributed by atoms with Crippen LogP contribution in [0.5, 0.6) is 0 Å². The Kier molecular flexibility index (Phi) is 5.08. The molecule has 2 aliphatic carbocycles. The third kappa shape index (κ3) is 4.74. The van der Waals surface area contributed by atoms with Crippen LogP contribution in [0.25, 0.3) is 0 Å². The highest BCUT2D eigenvalue weighted by atomic mass is 16.5. The third-order valence-corrected chi connectivity index (χ3v) is 4.46. The molecule has 2 unspecified atom stereocenters. The fraction of sp³-hybridized carbons (Fsp3) is 0.938. The molecule has 0 aliphatic heterocycles. The topological polar surface area (TPSA) is 55.6 Å². The lowest BCUT2D eigenvalue weighted by atomic mass is 9.94. The molecule has 0 spiro atoms. The molecule has 0 saturated heterocycles. The van der Waals surface area contributed by atoms with Crippen LogP contribution < -0.4 is 5.73 Å². The van der Waals surface area contributed by atoms with Crippen LogP contribution in [-0.4, -0.2) is 42.1 Å². The van der Waals surface area contributed by atoms with Gasteiger partial charge in [-0.15, -0.1) is 0 Å². The van der Waals surface area contributed by atoms with Crippen LogP contribution in [0.15, 0.2) is 0 Å². The Labute approximate surface area is 123 Å². The van der Waals surface area contributed by atoms with Gasteiger partial charge in [-0.3, -0.25) is 4.79 Å². The van der Waals surface area contributed by atoms with Gasteiger partial charge in [0.1, 0.15) is 5.54 Å². The average molecular weight is 282 g/mol. The second-order valence-corrected chi connectivity index (χ2v) is 7.03. The van der Waals surface area contributed by atoms with Crippen LogP contribution in [-0.2, 0) is 9.53 Å². The molecule has 0 radical (unpaired) electrons. The van der Waals surface area contributed by atoms with E-state index in [1.165, 1.54) is 38.8 Å². The molecule has 2 atom stereocenters. The molecule has 116 valence electrons. The van der Waals surface area contributed by atoms with Crippen molar-refractivity contribution in [2.24, 2.45) is 17.6 Å². The number of hydrogen-bond acceptors (Lipinski definition) is 4. The van der Waals surface area contributed by atoms with Gasteiger partial charge in [0, 0.05) is 19.1 Å². The zero-order valence-corrected chi connectivity index (χ0v) is 13.2. The van der Waals surface area contributed by atoms with Crippen LogP contribution in [0, 0.1) is 11.8 Å². The lowest BCUT2D eigenvalue weighted by molar-refractivity contribution is -0.149. The molecule has 20 heavy (non-hydrogen) atoms. The van der Waals surface area contributed by atoms with Gasteiger partial charge < -0.3 is 15.4 Å². The first kappa shape index (κ1) is 15.8. The number of ether oxygens (including phenoxy) is 1. The fourth-order valence-electron chi connectivity index (χ4n) is 2.82. The summed E-state index contributed by atoms with van der Waals surface area (Å²) in [4.78, 5) is 14.5. The second kappa shape index (κ2) is 6.44. The Morgan fingerprint density at radius 2 is 1.80 bits per heavy atom. The first-order valence-corrected chi connectivity index (χ1v) is 8.12. The summed E-state index contributed by atoms with van der Waals surface area (Å²) in [5.41, 5.74) is 5.30.